The molecular formula is C13H12Cl2N2O2. The molecule has 4 nitrogen and oxygen atoms in total. The highest BCUT2D eigenvalue weighted by molar-refractivity contribution is 6.41. The first-order chi connectivity index (χ1) is 8.97. The smallest absolute Gasteiger partial charge is 0.253 e. The molecule has 0 saturated carbocycles. The third-order valence-corrected chi connectivity index (χ3v) is 3.28. The summed E-state index contributed by atoms with van der Waals surface area (Å²) in [6, 6.07) is 4.91. The summed E-state index contributed by atoms with van der Waals surface area (Å²) in [6.45, 7) is 3.68. The largest absolute Gasteiger partial charge is 0.464 e. The second-order valence-electron chi connectivity index (χ2n) is 4.14. The number of nitrogens with zero attached hydrogens (tertiary/aromatic N) is 1. The second kappa shape index (κ2) is 5.63. The van der Waals surface area contributed by atoms with Crippen molar-refractivity contribution >= 4 is 29.1 Å². The number of furan rings is 1. The summed E-state index contributed by atoms with van der Waals surface area (Å²) in [4.78, 5) is 15.8. The number of aromatic nitrogens is 1. The van der Waals surface area contributed by atoms with Crippen molar-refractivity contribution in [3.63, 3.8) is 0 Å². The van der Waals surface area contributed by atoms with Crippen LogP contribution in [0.25, 0.3) is 0 Å². The molecule has 0 bridgehead atoms. The highest BCUT2D eigenvalue weighted by Crippen LogP contribution is 2.21. The van der Waals surface area contributed by atoms with Crippen LogP contribution in [-0.4, -0.2) is 10.9 Å². The third kappa shape index (κ3) is 3.28. The van der Waals surface area contributed by atoms with Crippen LogP contribution in [0.3, 0.4) is 0 Å². The van der Waals surface area contributed by atoms with Crippen molar-refractivity contribution in [3.8, 4) is 0 Å². The van der Waals surface area contributed by atoms with E-state index >= 15 is 0 Å². The van der Waals surface area contributed by atoms with Gasteiger partial charge >= 0.3 is 0 Å². The minimum Gasteiger partial charge on any atom is -0.464 e. The first-order valence-electron chi connectivity index (χ1n) is 5.65. The number of aryl methyl sites for hydroxylation is 1. The van der Waals surface area contributed by atoms with Gasteiger partial charge in [0.2, 0.25) is 0 Å². The van der Waals surface area contributed by atoms with Gasteiger partial charge in [0.25, 0.3) is 5.91 Å². The molecule has 2 aromatic heterocycles. The Balaban J connectivity index is 2.10. The zero-order valence-electron chi connectivity index (χ0n) is 10.4. The fraction of sp³-hybridized carbons (Fsp3) is 0.231. The van der Waals surface area contributed by atoms with Gasteiger partial charge in [-0.1, -0.05) is 23.2 Å². The average Bonchev–Trinajstić information content (AvgIpc) is 2.79. The Bertz CT molecular complexity index is 610. The molecule has 2 rings (SSSR count). The van der Waals surface area contributed by atoms with Crippen molar-refractivity contribution in [1.29, 1.82) is 0 Å². The molecule has 2 heterocycles. The summed E-state index contributed by atoms with van der Waals surface area (Å²) in [7, 11) is 0. The molecule has 1 N–H and O–H groups in total. The van der Waals surface area contributed by atoms with E-state index in [4.69, 9.17) is 27.6 Å². The van der Waals surface area contributed by atoms with E-state index in [0.29, 0.717) is 11.3 Å². The quantitative estimate of drug-likeness (QED) is 0.877. The predicted molar refractivity (Wildman–Crippen MR) is 73.6 cm³/mol. The zero-order chi connectivity index (χ0) is 14.0. The summed E-state index contributed by atoms with van der Waals surface area (Å²) in [6.07, 6.45) is 1.38. The van der Waals surface area contributed by atoms with Crippen molar-refractivity contribution in [2.24, 2.45) is 0 Å². The van der Waals surface area contributed by atoms with E-state index in [1.54, 1.807) is 0 Å². The van der Waals surface area contributed by atoms with Crippen LogP contribution in [0.5, 0.6) is 0 Å². The van der Waals surface area contributed by atoms with Crippen molar-refractivity contribution < 1.29 is 9.21 Å². The van der Waals surface area contributed by atoms with Crippen LogP contribution in [0.2, 0.25) is 10.2 Å². The van der Waals surface area contributed by atoms with Gasteiger partial charge in [-0.2, -0.15) is 0 Å². The number of carbonyl (C=O) groups is 1. The first-order valence-corrected chi connectivity index (χ1v) is 6.41. The topological polar surface area (TPSA) is 55.1 Å². The molecular weight excluding hydrogens is 287 g/mol. The molecule has 6 heteroatoms. The number of halogens is 2. The number of rotatable bonds is 3. The highest BCUT2D eigenvalue weighted by atomic mass is 35.5. The van der Waals surface area contributed by atoms with Crippen molar-refractivity contribution in [3.05, 3.63) is 51.7 Å². The predicted octanol–water partition coefficient (Wildman–Crippen LogP) is 3.78. The van der Waals surface area contributed by atoms with E-state index in [1.807, 2.05) is 26.0 Å². The van der Waals surface area contributed by atoms with Gasteiger partial charge in [0.05, 0.1) is 16.6 Å². The number of amides is 1. The van der Waals surface area contributed by atoms with Gasteiger partial charge in [-0.15, -0.1) is 0 Å². The Kier molecular flexibility index (Phi) is 4.12. The standard InChI is InChI=1S/C13H12Cl2N2O2/c1-7-3-4-11(19-7)8(2)17-13(18)9-5-10(14)12(15)16-6-9/h3-6,8H,1-2H3,(H,17,18). The number of hydrogen-bond donors (Lipinski definition) is 1. The van der Waals surface area contributed by atoms with E-state index in [2.05, 4.69) is 10.3 Å². The zero-order valence-corrected chi connectivity index (χ0v) is 11.9. The van der Waals surface area contributed by atoms with E-state index < -0.39 is 0 Å². The highest BCUT2D eigenvalue weighted by Gasteiger charge is 2.15. The molecule has 0 aromatic carbocycles. The van der Waals surface area contributed by atoms with Gasteiger partial charge in [-0.3, -0.25) is 4.79 Å². The fourth-order valence-corrected chi connectivity index (χ4v) is 1.85. The molecule has 1 unspecified atom stereocenters. The number of carbonyl (C=O) groups excluding carboxylic acids is 1. The van der Waals surface area contributed by atoms with E-state index in [0.717, 1.165) is 5.76 Å². The lowest BCUT2D eigenvalue weighted by Crippen LogP contribution is -2.26. The van der Waals surface area contributed by atoms with Crippen molar-refractivity contribution in [2.45, 2.75) is 19.9 Å². The lowest BCUT2D eigenvalue weighted by atomic mass is 10.2. The maximum Gasteiger partial charge on any atom is 0.253 e. The summed E-state index contributed by atoms with van der Waals surface area (Å²) in [5, 5.41) is 3.22. The Morgan fingerprint density at radius 1 is 1.42 bits per heavy atom. The van der Waals surface area contributed by atoms with E-state index in [-0.39, 0.29) is 22.1 Å². The summed E-state index contributed by atoms with van der Waals surface area (Å²) < 4.78 is 5.45. The number of pyridine rings is 1. The van der Waals surface area contributed by atoms with Crippen LogP contribution in [-0.2, 0) is 0 Å². The minimum atomic E-state index is -0.285. The number of nitrogens with one attached hydrogen (secondary N) is 1. The molecule has 0 saturated heterocycles. The SMILES string of the molecule is Cc1ccc(C(C)NC(=O)c2cnc(Cl)c(Cl)c2)o1. The molecule has 0 fully saturated rings. The average molecular weight is 299 g/mol. The lowest BCUT2D eigenvalue weighted by molar-refractivity contribution is 0.0935. The number of hydrogen-bond acceptors (Lipinski definition) is 3. The van der Waals surface area contributed by atoms with Crippen LogP contribution in [0.4, 0.5) is 0 Å². The van der Waals surface area contributed by atoms with Gasteiger partial charge in [-0.05, 0) is 32.0 Å². The molecule has 100 valence electrons. The van der Waals surface area contributed by atoms with E-state index in [1.165, 1.54) is 12.3 Å². The normalized spacial score (nSPS) is 12.2. The lowest BCUT2D eigenvalue weighted by Gasteiger charge is -2.11. The Labute approximate surface area is 120 Å². The maximum atomic E-state index is 12.0. The van der Waals surface area contributed by atoms with Crippen LogP contribution >= 0.6 is 23.2 Å². The molecule has 0 radical (unpaired) electrons. The van der Waals surface area contributed by atoms with Gasteiger partial charge < -0.3 is 9.73 Å². The van der Waals surface area contributed by atoms with Crippen LogP contribution in [0.15, 0.2) is 28.8 Å². The van der Waals surface area contributed by atoms with Gasteiger partial charge in [0.15, 0.2) is 0 Å². The van der Waals surface area contributed by atoms with Crippen LogP contribution < -0.4 is 5.32 Å². The minimum absolute atomic E-state index is 0.174. The Morgan fingerprint density at radius 3 is 2.74 bits per heavy atom. The molecule has 0 aliphatic rings. The molecule has 0 spiro atoms. The van der Waals surface area contributed by atoms with E-state index in [9.17, 15) is 4.79 Å². The van der Waals surface area contributed by atoms with Crippen LogP contribution in [0.1, 0.15) is 34.8 Å². The van der Waals surface area contributed by atoms with Crippen molar-refractivity contribution in [2.75, 3.05) is 0 Å². The van der Waals surface area contributed by atoms with Gasteiger partial charge in [-0.25, -0.2) is 4.98 Å². The molecule has 0 aliphatic heterocycles. The Hall–Kier alpha value is -1.52. The Morgan fingerprint density at radius 2 is 2.16 bits per heavy atom. The first kappa shape index (κ1) is 13.9. The monoisotopic (exact) mass is 298 g/mol. The summed E-state index contributed by atoms with van der Waals surface area (Å²) >= 11 is 11.5. The van der Waals surface area contributed by atoms with Gasteiger partial charge in [0, 0.05) is 6.20 Å². The molecule has 2 aromatic rings. The fourth-order valence-electron chi connectivity index (χ4n) is 1.58. The molecule has 1 amide bonds. The second-order valence-corrected chi connectivity index (χ2v) is 4.91. The van der Waals surface area contributed by atoms with Gasteiger partial charge in [0.1, 0.15) is 16.7 Å². The van der Waals surface area contributed by atoms with Crippen molar-refractivity contribution in [1.82, 2.24) is 10.3 Å². The summed E-state index contributed by atoms with van der Waals surface area (Å²) in [5.41, 5.74) is 0.351. The maximum absolute atomic E-state index is 12.0. The molecule has 1 atom stereocenters. The molecule has 0 aliphatic carbocycles. The summed E-state index contributed by atoms with van der Waals surface area (Å²) in [5.74, 6) is 1.21. The third-order valence-electron chi connectivity index (χ3n) is 2.59. The molecule has 19 heavy (non-hydrogen) atoms. The van der Waals surface area contributed by atoms with Crippen LogP contribution in [0, 0.1) is 6.92 Å².